The van der Waals surface area contributed by atoms with Crippen molar-refractivity contribution in [2.75, 3.05) is 12.4 Å². The highest BCUT2D eigenvalue weighted by molar-refractivity contribution is 6.42. The van der Waals surface area contributed by atoms with Gasteiger partial charge in [-0.15, -0.1) is 0 Å². The third kappa shape index (κ3) is 3.38. The number of amides is 1. The Morgan fingerprint density at radius 2 is 2.11 bits per heavy atom. The smallest absolute Gasteiger partial charge is 0.230 e. The molecular formula is C19H18Cl2N2O4. The van der Waals surface area contributed by atoms with Crippen LogP contribution in [0.5, 0.6) is 5.88 Å². The monoisotopic (exact) mass is 408 g/mol. The largest absolute Gasteiger partial charge is 0.481 e. The van der Waals surface area contributed by atoms with Gasteiger partial charge in [-0.25, -0.2) is 4.98 Å². The molecule has 0 radical (unpaired) electrons. The predicted molar refractivity (Wildman–Crippen MR) is 101 cm³/mol. The Kier molecular flexibility index (Phi) is 4.99. The quantitative estimate of drug-likeness (QED) is 0.811. The fourth-order valence-corrected chi connectivity index (χ4v) is 4.28. The Hall–Kier alpha value is -1.86. The molecule has 0 unspecified atom stereocenters. The second kappa shape index (κ2) is 7.28. The molecule has 2 aliphatic heterocycles. The molecule has 0 spiro atoms. The highest BCUT2D eigenvalue weighted by atomic mass is 35.5. The van der Waals surface area contributed by atoms with E-state index in [2.05, 4.69) is 10.3 Å². The second-order valence-corrected chi connectivity index (χ2v) is 7.56. The van der Waals surface area contributed by atoms with Crippen LogP contribution in [0.25, 0.3) is 0 Å². The first-order valence-electron chi connectivity index (χ1n) is 8.57. The lowest BCUT2D eigenvalue weighted by atomic mass is 9.74. The summed E-state index contributed by atoms with van der Waals surface area (Å²) in [5.41, 5.74) is 1.41. The molecule has 2 fully saturated rings. The molecule has 6 nitrogen and oxygen atoms in total. The average molecular weight is 409 g/mol. The number of carbonyl (C=O) groups excluding carboxylic acids is 1. The zero-order valence-electron chi connectivity index (χ0n) is 14.4. The van der Waals surface area contributed by atoms with Crippen LogP contribution >= 0.6 is 23.2 Å². The fraction of sp³-hybridized carbons (Fsp3) is 0.368. The second-order valence-electron chi connectivity index (χ2n) is 6.74. The number of ether oxygens (including phenoxy) is 2. The van der Waals surface area contributed by atoms with E-state index in [1.165, 1.54) is 7.11 Å². The van der Waals surface area contributed by atoms with Crippen molar-refractivity contribution in [1.29, 1.82) is 0 Å². The molecule has 8 heteroatoms. The van der Waals surface area contributed by atoms with E-state index in [4.69, 9.17) is 32.7 Å². The molecule has 1 aromatic carbocycles. The number of fused-ring (bicyclic) bond motifs is 2. The van der Waals surface area contributed by atoms with Crippen molar-refractivity contribution in [3.63, 3.8) is 0 Å². The van der Waals surface area contributed by atoms with Crippen molar-refractivity contribution in [3.05, 3.63) is 52.1 Å². The van der Waals surface area contributed by atoms with Gasteiger partial charge >= 0.3 is 0 Å². The van der Waals surface area contributed by atoms with Crippen molar-refractivity contribution in [1.82, 2.24) is 4.98 Å². The lowest BCUT2D eigenvalue weighted by Gasteiger charge is -2.30. The number of aliphatic hydroxyl groups excluding tert-OH is 1. The molecule has 1 amide bonds. The van der Waals surface area contributed by atoms with E-state index >= 15 is 0 Å². The highest BCUT2D eigenvalue weighted by Crippen LogP contribution is 2.49. The van der Waals surface area contributed by atoms with Crippen LogP contribution < -0.4 is 10.1 Å². The molecule has 2 saturated heterocycles. The van der Waals surface area contributed by atoms with Crippen LogP contribution in [0.3, 0.4) is 0 Å². The minimum Gasteiger partial charge on any atom is -0.481 e. The molecule has 2 bridgehead atoms. The maximum absolute atomic E-state index is 13.0. The molecule has 1 aromatic heterocycles. The van der Waals surface area contributed by atoms with Crippen molar-refractivity contribution < 1.29 is 19.4 Å². The summed E-state index contributed by atoms with van der Waals surface area (Å²) in [6, 6.07) is 8.53. The number of hydrogen-bond acceptors (Lipinski definition) is 5. The van der Waals surface area contributed by atoms with Crippen LogP contribution in [0.15, 0.2) is 36.5 Å². The van der Waals surface area contributed by atoms with E-state index in [-0.39, 0.29) is 17.9 Å². The molecule has 142 valence electrons. The van der Waals surface area contributed by atoms with E-state index in [0.29, 0.717) is 28.0 Å². The number of nitrogens with zero attached hydrogens (tertiary/aromatic N) is 1. The van der Waals surface area contributed by atoms with Gasteiger partial charge in [0.25, 0.3) is 0 Å². The number of hydrogen-bond donors (Lipinski definition) is 2. The molecule has 5 atom stereocenters. The van der Waals surface area contributed by atoms with Gasteiger partial charge in [0.15, 0.2) is 0 Å². The number of aliphatic hydroxyl groups is 1. The number of aromatic nitrogens is 1. The van der Waals surface area contributed by atoms with Gasteiger partial charge in [-0.05, 0) is 29.8 Å². The molecule has 27 heavy (non-hydrogen) atoms. The number of pyridine rings is 1. The fourth-order valence-electron chi connectivity index (χ4n) is 3.98. The summed E-state index contributed by atoms with van der Waals surface area (Å²) in [5, 5.41) is 14.0. The summed E-state index contributed by atoms with van der Waals surface area (Å²) < 4.78 is 11.1. The number of methoxy groups -OCH3 is 1. The molecule has 0 aliphatic carbocycles. The minimum absolute atomic E-state index is 0.187. The zero-order valence-corrected chi connectivity index (χ0v) is 15.9. The molecule has 4 rings (SSSR count). The average Bonchev–Trinajstić information content (AvgIpc) is 3.21. The Labute approximate surface area is 166 Å². The van der Waals surface area contributed by atoms with Gasteiger partial charge in [-0.2, -0.15) is 0 Å². The maximum atomic E-state index is 13.0. The molecule has 0 saturated carbocycles. The maximum Gasteiger partial charge on any atom is 0.230 e. The van der Waals surface area contributed by atoms with Gasteiger partial charge in [0, 0.05) is 30.3 Å². The van der Waals surface area contributed by atoms with Gasteiger partial charge in [0.2, 0.25) is 11.8 Å². The molecule has 3 heterocycles. The SMILES string of the molecule is COc1cc([C@H]2[C@H]3O[C@H](C[C@@H]3O)[C@@H]2C(=O)Nc2ccc(Cl)c(Cl)c2)ccn1. The van der Waals surface area contributed by atoms with Crippen LogP contribution in [0.4, 0.5) is 5.69 Å². The predicted octanol–water partition coefficient (Wildman–Crippen LogP) is 3.27. The topological polar surface area (TPSA) is 80.7 Å². The third-order valence-corrected chi connectivity index (χ3v) is 5.91. The number of anilines is 1. The van der Waals surface area contributed by atoms with E-state index in [9.17, 15) is 9.90 Å². The van der Waals surface area contributed by atoms with Crippen molar-refractivity contribution in [2.24, 2.45) is 5.92 Å². The zero-order chi connectivity index (χ0) is 19.1. The summed E-state index contributed by atoms with van der Waals surface area (Å²) in [6.45, 7) is 0. The van der Waals surface area contributed by atoms with Crippen LogP contribution in [0.2, 0.25) is 10.0 Å². The first-order chi connectivity index (χ1) is 13.0. The standard InChI is InChI=1S/C19H18Cl2N2O4/c1-26-15-6-9(4-5-22-15)16-17(14-8-13(24)18(16)27-14)19(25)23-10-2-3-11(20)12(21)7-10/h2-7,13-14,16-18,24H,8H2,1H3,(H,23,25)/t13-,14+,16+,17-,18-/m0/s1. The van der Waals surface area contributed by atoms with Crippen molar-refractivity contribution in [3.8, 4) is 5.88 Å². The van der Waals surface area contributed by atoms with Crippen LogP contribution in [-0.2, 0) is 9.53 Å². The summed E-state index contributed by atoms with van der Waals surface area (Å²) in [5.74, 6) is -0.472. The van der Waals surface area contributed by atoms with E-state index in [1.54, 1.807) is 30.5 Å². The van der Waals surface area contributed by atoms with Gasteiger partial charge in [0.05, 0.1) is 41.4 Å². The summed E-state index contributed by atoms with van der Waals surface area (Å²) in [7, 11) is 1.53. The Morgan fingerprint density at radius 3 is 2.85 bits per heavy atom. The molecular weight excluding hydrogens is 391 g/mol. The Morgan fingerprint density at radius 1 is 1.30 bits per heavy atom. The molecule has 2 aromatic rings. The summed E-state index contributed by atoms with van der Waals surface area (Å²) >= 11 is 12.0. The summed E-state index contributed by atoms with van der Waals surface area (Å²) in [6.07, 6.45) is 0.667. The van der Waals surface area contributed by atoms with E-state index in [1.807, 2.05) is 6.07 Å². The lowest BCUT2D eigenvalue weighted by Crippen LogP contribution is -2.41. The lowest BCUT2D eigenvalue weighted by molar-refractivity contribution is -0.121. The van der Waals surface area contributed by atoms with Crippen LogP contribution in [0, 0.1) is 5.92 Å². The molecule has 2 aliphatic rings. The van der Waals surface area contributed by atoms with Crippen molar-refractivity contribution in [2.45, 2.75) is 30.7 Å². The number of halogens is 2. The third-order valence-electron chi connectivity index (χ3n) is 5.17. The first-order valence-corrected chi connectivity index (χ1v) is 9.33. The normalized spacial score (nSPS) is 29.0. The summed E-state index contributed by atoms with van der Waals surface area (Å²) in [4.78, 5) is 17.2. The van der Waals surface area contributed by atoms with E-state index < -0.39 is 18.1 Å². The number of rotatable bonds is 4. The van der Waals surface area contributed by atoms with Gasteiger partial charge in [0.1, 0.15) is 0 Å². The first kappa shape index (κ1) is 18.5. The molecule has 2 N–H and O–H groups in total. The minimum atomic E-state index is -0.604. The van der Waals surface area contributed by atoms with E-state index in [0.717, 1.165) is 5.56 Å². The Balaban J connectivity index is 1.62. The number of benzene rings is 1. The van der Waals surface area contributed by atoms with Crippen LogP contribution in [0.1, 0.15) is 17.9 Å². The Bertz CT molecular complexity index is 879. The number of carbonyl (C=O) groups is 1. The highest BCUT2D eigenvalue weighted by Gasteiger charge is 2.57. The van der Waals surface area contributed by atoms with Gasteiger partial charge in [-0.1, -0.05) is 23.2 Å². The van der Waals surface area contributed by atoms with Crippen molar-refractivity contribution >= 4 is 34.8 Å². The van der Waals surface area contributed by atoms with Gasteiger partial charge < -0.3 is 19.9 Å². The number of nitrogens with one attached hydrogen (secondary N) is 1. The van der Waals surface area contributed by atoms with Crippen LogP contribution in [-0.4, -0.2) is 41.4 Å². The van der Waals surface area contributed by atoms with Gasteiger partial charge in [-0.3, -0.25) is 4.79 Å².